The van der Waals surface area contributed by atoms with Gasteiger partial charge in [-0.2, -0.15) is 0 Å². The van der Waals surface area contributed by atoms with Gasteiger partial charge in [0.1, 0.15) is 0 Å². The summed E-state index contributed by atoms with van der Waals surface area (Å²) in [4.78, 5) is 26.3. The average Bonchev–Trinajstić information content (AvgIpc) is 2.93. The topological polar surface area (TPSA) is 49.4 Å². The van der Waals surface area contributed by atoms with Gasteiger partial charge in [0.25, 0.3) is 0 Å². The van der Waals surface area contributed by atoms with Gasteiger partial charge in [-0.3, -0.25) is 9.59 Å². The molecule has 1 N–H and O–H groups in total. The van der Waals surface area contributed by atoms with Gasteiger partial charge in [-0.1, -0.05) is 0 Å². The molecular weight excluding hydrogens is 314 g/mol. The summed E-state index contributed by atoms with van der Waals surface area (Å²) in [5.41, 5.74) is 0.109. The molecule has 130 valence electrons. The largest absolute Gasteiger partial charge is 0.343 e. The minimum atomic E-state index is -1.04. The maximum absolute atomic E-state index is 13.2. The molecule has 4 nitrogen and oxygen atoms in total. The molecule has 1 aromatic rings. The molecule has 2 saturated heterocycles. The first kappa shape index (κ1) is 17.0. The van der Waals surface area contributed by atoms with Gasteiger partial charge in [-0.25, -0.2) is 8.78 Å². The van der Waals surface area contributed by atoms with Crippen LogP contribution in [0, 0.1) is 23.5 Å². The number of benzene rings is 1. The second-order valence-electron chi connectivity index (χ2n) is 6.69. The highest BCUT2D eigenvalue weighted by atomic mass is 19.2. The molecule has 0 aliphatic carbocycles. The molecule has 24 heavy (non-hydrogen) atoms. The fraction of sp³-hybridized carbons (Fsp3) is 0.556. The summed E-state index contributed by atoms with van der Waals surface area (Å²) in [5, 5.41) is 3.40. The molecule has 0 saturated carbocycles. The Kier molecular flexibility index (Phi) is 5.23. The number of amides is 1. The second kappa shape index (κ2) is 7.38. The number of carbonyl (C=O) groups excluding carboxylic acids is 2. The van der Waals surface area contributed by atoms with Gasteiger partial charge in [0, 0.05) is 31.5 Å². The van der Waals surface area contributed by atoms with Gasteiger partial charge >= 0.3 is 0 Å². The molecule has 0 aromatic heterocycles. The van der Waals surface area contributed by atoms with Gasteiger partial charge in [0.05, 0.1) is 0 Å². The minimum Gasteiger partial charge on any atom is -0.343 e. The third-order valence-electron chi connectivity index (χ3n) is 5.18. The van der Waals surface area contributed by atoms with E-state index in [2.05, 4.69) is 5.32 Å². The second-order valence-corrected chi connectivity index (χ2v) is 6.69. The summed E-state index contributed by atoms with van der Waals surface area (Å²) in [6.45, 7) is 3.53. The maximum Gasteiger partial charge on any atom is 0.223 e. The fourth-order valence-corrected chi connectivity index (χ4v) is 3.66. The molecular formula is C18H22F2N2O2. The number of nitrogens with one attached hydrogen (secondary N) is 1. The SMILES string of the molecule is O=C(CCC(=O)N1CC[C@@H]2CNC[C@@H]2CC1)c1ccc(F)c(F)c1. The Morgan fingerprint density at radius 2 is 1.71 bits per heavy atom. The lowest BCUT2D eigenvalue weighted by molar-refractivity contribution is -0.131. The van der Waals surface area contributed by atoms with Gasteiger partial charge < -0.3 is 10.2 Å². The van der Waals surface area contributed by atoms with E-state index < -0.39 is 11.6 Å². The average molecular weight is 336 g/mol. The zero-order chi connectivity index (χ0) is 17.1. The normalized spacial score (nSPS) is 23.7. The number of fused-ring (bicyclic) bond motifs is 1. The van der Waals surface area contributed by atoms with Gasteiger partial charge in [0.2, 0.25) is 5.91 Å². The molecule has 2 atom stereocenters. The Balaban J connectivity index is 1.51. The van der Waals surface area contributed by atoms with E-state index >= 15 is 0 Å². The summed E-state index contributed by atoms with van der Waals surface area (Å²) in [6, 6.07) is 3.08. The van der Waals surface area contributed by atoms with Gasteiger partial charge in [0.15, 0.2) is 17.4 Å². The number of hydrogen-bond acceptors (Lipinski definition) is 3. The number of nitrogens with zero attached hydrogens (tertiary/aromatic N) is 1. The van der Waals surface area contributed by atoms with E-state index in [-0.39, 0.29) is 30.1 Å². The smallest absolute Gasteiger partial charge is 0.223 e. The van der Waals surface area contributed by atoms with E-state index in [1.807, 2.05) is 4.90 Å². The minimum absolute atomic E-state index is 0.0226. The number of halogens is 2. The molecule has 0 unspecified atom stereocenters. The summed E-state index contributed by atoms with van der Waals surface area (Å²) in [6.07, 6.45) is 2.14. The van der Waals surface area contributed by atoms with Crippen LogP contribution >= 0.6 is 0 Å². The zero-order valence-electron chi connectivity index (χ0n) is 13.6. The quantitative estimate of drug-likeness (QED) is 0.859. The lowest BCUT2D eigenvalue weighted by Crippen LogP contribution is -2.32. The monoisotopic (exact) mass is 336 g/mol. The van der Waals surface area contributed by atoms with Crippen LogP contribution in [0.4, 0.5) is 8.78 Å². The molecule has 2 fully saturated rings. The molecule has 1 amide bonds. The summed E-state index contributed by atoms with van der Waals surface area (Å²) < 4.78 is 26.1. The molecule has 2 heterocycles. The summed E-state index contributed by atoms with van der Waals surface area (Å²) >= 11 is 0. The van der Waals surface area contributed by atoms with Crippen LogP contribution < -0.4 is 5.32 Å². The Morgan fingerprint density at radius 1 is 1.04 bits per heavy atom. The number of Topliss-reactive ketones (excluding diaryl/α,β-unsaturated/α-hetero) is 1. The standard InChI is InChI=1S/C18H22F2N2O2/c19-15-2-1-12(9-16(15)20)17(23)3-4-18(24)22-7-5-13-10-21-11-14(13)6-8-22/h1-2,9,13-14,21H,3-8,10-11H2/t13-,14+. The number of hydrogen-bond donors (Lipinski definition) is 1. The van der Waals surface area contributed by atoms with Crippen LogP contribution in [0.3, 0.4) is 0 Å². The number of rotatable bonds is 4. The van der Waals surface area contributed by atoms with Crippen LogP contribution in [0.25, 0.3) is 0 Å². The highest BCUT2D eigenvalue weighted by Gasteiger charge is 2.31. The van der Waals surface area contributed by atoms with Crippen molar-refractivity contribution >= 4 is 11.7 Å². The summed E-state index contributed by atoms with van der Waals surface area (Å²) in [7, 11) is 0. The number of ketones is 1. The van der Waals surface area contributed by atoms with Crippen molar-refractivity contribution in [2.45, 2.75) is 25.7 Å². The Bertz CT molecular complexity index is 621. The van der Waals surface area contributed by atoms with Crippen molar-refractivity contribution in [2.75, 3.05) is 26.2 Å². The van der Waals surface area contributed by atoms with Crippen molar-refractivity contribution in [1.82, 2.24) is 10.2 Å². The molecule has 3 rings (SSSR count). The van der Waals surface area contributed by atoms with E-state index in [9.17, 15) is 18.4 Å². The molecule has 2 aliphatic heterocycles. The fourth-order valence-electron chi connectivity index (χ4n) is 3.66. The first-order chi connectivity index (χ1) is 11.5. The maximum atomic E-state index is 13.2. The Hall–Kier alpha value is -1.82. The third-order valence-corrected chi connectivity index (χ3v) is 5.18. The van der Waals surface area contributed by atoms with E-state index in [0.717, 1.165) is 51.2 Å². The predicted molar refractivity (Wildman–Crippen MR) is 85.6 cm³/mol. The Labute approximate surface area is 140 Å². The van der Waals surface area contributed by atoms with Gasteiger partial charge in [-0.05, 0) is 56.0 Å². The number of carbonyl (C=O) groups is 2. The van der Waals surface area contributed by atoms with Crippen LogP contribution in [0.1, 0.15) is 36.0 Å². The van der Waals surface area contributed by atoms with E-state index in [1.165, 1.54) is 6.07 Å². The van der Waals surface area contributed by atoms with Crippen molar-refractivity contribution in [3.63, 3.8) is 0 Å². The van der Waals surface area contributed by atoms with E-state index in [0.29, 0.717) is 11.8 Å². The first-order valence-electron chi connectivity index (χ1n) is 8.51. The van der Waals surface area contributed by atoms with Crippen LogP contribution in [0.5, 0.6) is 0 Å². The molecule has 1 aromatic carbocycles. The molecule has 0 bridgehead atoms. The van der Waals surface area contributed by atoms with Crippen LogP contribution in [-0.4, -0.2) is 42.8 Å². The predicted octanol–water partition coefficient (Wildman–Crippen LogP) is 2.39. The van der Waals surface area contributed by atoms with E-state index in [1.54, 1.807) is 0 Å². The highest BCUT2D eigenvalue weighted by molar-refractivity contribution is 5.97. The van der Waals surface area contributed by atoms with Crippen molar-refractivity contribution < 1.29 is 18.4 Å². The first-order valence-corrected chi connectivity index (χ1v) is 8.51. The lowest BCUT2D eigenvalue weighted by atomic mass is 9.92. The van der Waals surface area contributed by atoms with Gasteiger partial charge in [-0.15, -0.1) is 0 Å². The van der Waals surface area contributed by atoms with Crippen molar-refractivity contribution in [1.29, 1.82) is 0 Å². The Morgan fingerprint density at radius 3 is 2.33 bits per heavy atom. The van der Waals surface area contributed by atoms with E-state index in [4.69, 9.17) is 0 Å². The van der Waals surface area contributed by atoms with Crippen LogP contribution in [0.2, 0.25) is 0 Å². The number of likely N-dealkylation sites (tertiary alicyclic amines) is 1. The van der Waals surface area contributed by atoms with Crippen molar-refractivity contribution in [3.8, 4) is 0 Å². The van der Waals surface area contributed by atoms with Crippen molar-refractivity contribution in [2.24, 2.45) is 11.8 Å². The molecule has 0 radical (unpaired) electrons. The van der Waals surface area contributed by atoms with Crippen LogP contribution in [0.15, 0.2) is 18.2 Å². The third kappa shape index (κ3) is 3.80. The molecule has 2 aliphatic rings. The van der Waals surface area contributed by atoms with Crippen LogP contribution in [-0.2, 0) is 4.79 Å². The lowest BCUT2D eigenvalue weighted by Gasteiger charge is -2.20. The molecule has 6 heteroatoms. The highest BCUT2D eigenvalue weighted by Crippen LogP contribution is 2.27. The molecule has 0 spiro atoms. The zero-order valence-corrected chi connectivity index (χ0v) is 13.6. The summed E-state index contributed by atoms with van der Waals surface area (Å²) in [5.74, 6) is -1.10. The van der Waals surface area contributed by atoms with Crippen molar-refractivity contribution in [3.05, 3.63) is 35.4 Å².